The lowest BCUT2D eigenvalue weighted by molar-refractivity contribution is -0.243. The molecule has 20 heteroatoms. The second kappa shape index (κ2) is 3.58. The third-order valence-corrected chi connectivity index (χ3v) is 14.2. The zero-order valence-electron chi connectivity index (χ0n) is 17.6. The van der Waals surface area contributed by atoms with Crippen molar-refractivity contribution in [1.82, 2.24) is 0 Å². The minimum atomic E-state index is -7.54. The van der Waals surface area contributed by atoms with Crippen LogP contribution >= 0.6 is 0 Å². The van der Waals surface area contributed by atoms with Gasteiger partial charge in [0.25, 0.3) is 0 Å². The average Bonchev–Trinajstić information content (AvgIpc) is 3.45. The van der Waals surface area contributed by atoms with Crippen molar-refractivity contribution in [3.05, 3.63) is 0 Å². The van der Waals surface area contributed by atoms with Gasteiger partial charge in [-0.2, -0.15) is 0 Å². The lowest BCUT2D eigenvalue weighted by Gasteiger charge is -2.45. The van der Waals surface area contributed by atoms with Crippen molar-refractivity contribution in [2.75, 3.05) is 0 Å². The molecule has 0 atom stereocenters. The second-order valence-electron chi connectivity index (χ2n) is 13.2. The predicted molar refractivity (Wildman–Crippen MR) is 76.8 cm³/mol. The summed E-state index contributed by atoms with van der Waals surface area (Å²) in [5, 5.41) is 0. The van der Waals surface area contributed by atoms with E-state index in [1.807, 2.05) is 0 Å². The van der Waals surface area contributed by atoms with E-state index in [0.717, 1.165) is 0 Å². The number of hydrogen-bond acceptors (Lipinski definition) is 0. The van der Waals surface area contributed by atoms with Crippen molar-refractivity contribution >= 4 is 0 Å². The molecule has 40 heavy (non-hydrogen) atoms. The smallest absolute Gasteiger partial charge is 0.232 e. The maximum Gasteiger partial charge on any atom is 0.232 e. The maximum absolute atomic E-state index is 16.8. The Kier molecular flexibility index (Phi) is 2.07. The van der Waals surface area contributed by atoms with Crippen molar-refractivity contribution < 1.29 is 87.8 Å². The molecule has 0 saturated heterocycles. The van der Waals surface area contributed by atoms with Crippen LogP contribution in [-0.4, -0.2) is 113 Å². The quantitative estimate of drug-likeness (QED) is 0.355. The molecule has 0 radical (unpaired) electrons. The molecule has 12 saturated carbocycles. The Balaban J connectivity index is 1.65. The second-order valence-corrected chi connectivity index (χ2v) is 13.2. The van der Waals surface area contributed by atoms with Gasteiger partial charge in [0.15, 0.2) is 0 Å². The van der Waals surface area contributed by atoms with Crippen molar-refractivity contribution in [2.24, 2.45) is 0 Å². The summed E-state index contributed by atoms with van der Waals surface area (Å²) in [6.07, 6.45) is 0. The SMILES string of the molecule is FC12C3(F)C4(F)C5(F)C1(F)C1(F)C6(F)C2(F)C2(F)C3(F)C3(F)C4(F)C4(F)C5(F)C1(F)C1(F)C6(F)C2(F)C3(F)C41F. The molecule has 220 valence electrons. The van der Waals surface area contributed by atoms with Gasteiger partial charge in [-0.3, -0.25) is 0 Å². The lowest BCUT2D eigenvalue weighted by atomic mass is 9.67. The number of halogens is 20. The molecular weight excluding hydrogens is 620 g/mol. The van der Waals surface area contributed by atoms with E-state index in [9.17, 15) is 0 Å². The lowest BCUT2D eigenvalue weighted by Crippen LogP contribution is -2.75. The highest BCUT2D eigenvalue weighted by atomic mass is 19.3. The van der Waals surface area contributed by atoms with Gasteiger partial charge in [-0.05, 0) is 0 Å². The Labute approximate surface area is 202 Å². The summed E-state index contributed by atoms with van der Waals surface area (Å²) < 4.78 is 336. The molecule has 0 amide bonds. The fourth-order valence-electron chi connectivity index (χ4n) is 14.2. The minimum Gasteiger partial charge on any atom is -0.232 e. The predicted octanol–water partition coefficient (Wildman–Crippen LogP) is 4.30. The monoisotopic (exact) mass is 620 g/mol. The first kappa shape index (κ1) is 23.1. The van der Waals surface area contributed by atoms with Crippen LogP contribution in [0.4, 0.5) is 87.8 Å². The summed E-state index contributed by atoms with van der Waals surface area (Å²) in [7, 11) is 0. The molecule has 0 spiro atoms. The minimum absolute atomic E-state index is 7.54. The van der Waals surface area contributed by atoms with Crippen molar-refractivity contribution in [1.29, 1.82) is 0 Å². The molecule has 0 aromatic rings. The zero-order chi connectivity index (χ0) is 30.0. The van der Waals surface area contributed by atoms with E-state index in [0.29, 0.717) is 0 Å². The molecule has 12 fully saturated rings. The van der Waals surface area contributed by atoms with Crippen LogP contribution in [0.15, 0.2) is 0 Å². The van der Waals surface area contributed by atoms with E-state index in [4.69, 9.17) is 0 Å². The Morgan fingerprint density at radius 2 is 0.125 bits per heavy atom. The zero-order valence-corrected chi connectivity index (χ0v) is 17.6. The van der Waals surface area contributed by atoms with Gasteiger partial charge >= 0.3 is 0 Å². The van der Waals surface area contributed by atoms with E-state index in [1.54, 1.807) is 0 Å². The Bertz CT molecular complexity index is 989. The highest BCUT2D eigenvalue weighted by molar-refractivity contribution is 5.96. The summed E-state index contributed by atoms with van der Waals surface area (Å²) in [5.41, 5.74) is -151. The number of rotatable bonds is 0. The molecule has 0 aliphatic heterocycles. The summed E-state index contributed by atoms with van der Waals surface area (Å²) >= 11 is 0. The van der Waals surface area contributed by atoms with Crippen molar-refractivity contribution in [3.8, 4) is 0 Å². The average molecular weight is 620 g/mol. The molecule has 0 aromatic heterocycles. The van der Waals surface area contributed by atoms with Gasteiger partial charge in [0, 0.05) is 0 Å². The summed E-state index contributed by atoms with van der Waals surface area (Å²) in [5.74, 6) is 0. The molecule has 12 aliphatic rings. The van der Waals surface area contributed by atoms with Gasteiger partial charge in [-0.15, -0.1) is 0 Å². The molecule has 12 aliphatic carbocycles. The van der Waals surface area contributed by atoms with Crippen molar-refractivity contribution in [3.63, 3.8) is 0 Å². The first-order valence-electron chi connectivity index (χ1n) is 11.3. The molecule has 12 rings (SSSR count). The van der Waals surface area contributed by atoms with E-state index >= 15 is 87.8 Å². The normalized spacial score (nSPS) is 97.5. The van der Waals surface area contributed by atoms with Crippen LogP contribution in [0.25, 0.3) is 0 Å². The fraction of sp³-hybridized carbons (Fsp3) is 1.00. The van der Waals surface area contributed by atoms with E-state index < -0.39 is 113 Å². The van der Waals surface area contributed by atoms with Gasteiger partial charge < -0.3 is 0 Å². The molecule has 0 nitrogen and oxygen atoms in total. The van der Waals surface area contributed by atoms with Gasteiger partial charge in [0.05, 0.1) is 0 Å². The molecule has 0 unspecified atom stereocenters. The topological polar surface area (TPSA) is 0 Å². The third kappa shape index (κ3) is 0.643. The van der Waals surface area contributed by atoms with Gasteiger partial charge in [0.1, 0.15) is 0 Å². The van der Waals surface area contributed by atoms with E-state index in [-0.39, 0.29) is 0 Å². The molecule has 0 aromatic carbocycles. The van der Waals surface area contributed by atoms with Gasteiger partial charge in [-0.25, -0.2) is 87.8 Å². The molecule has 0 bridgehead atoms. The largest absolute Gasteiger partial charge is 0.232 e. The fourth-order valence-corrected chi connectivity index (χ4v) is 14.2. The summed E-state index contributed by atoms with van der Waals surface area (Å²) in [6, 6.07) is 0. The van der Waals surface area contributed by atoms with Crippen LogP contribution in [0.3, 0.4) is 0 Å². The van der Waals surface area contributed by atoms with Crippen LogP contribution in [-0.2, 0) is 0 Å². The van der Waals surface area contributed by atoms with Crippen LogP contribution in [0, 0.1) is 0 Å². The first-order valence-corrected chi connectivity index (χ1v) is 11.3. The third-order valence-electron chi connectivity index (χ3n) is 14.2. The van der Waals surface area contributed by atoms with Crippen LogP contribution in [0.1, 0.15) is 0 Å². The van der Waals surface area contributed by atoms with Crippen LogP contribution < -0.4 is 0 Å². The summed E-state index contributed by atoms with van der Waals surface area (Å²) in [6.45, 7) is 0. The van der Waals surface area contributed by atoms with E-state index in [2.05, 4.69) is 0 Å². The highest BCUT2D eigenvalue weighted by Crippen LogP contribution is 3.19. The summed E-state index contributed by atoms with van der Waals surface area (Å²) in [4.78, 5) is 0. The molecule has 0 heterocycles. The standard InChI is InChI=1S/C20F20/c21-1-2(22)5(25)7(27)3(1,23)9(29)10(30)4(1,24)8(28)6(2,26)12(32)11(5,31)17(37)13(7,33)15(9,35)19(39)16(10,36)14(8,34)18(12,38)20(17,19)40. The van der Waals surface area contributed by atoms with Crippen LogP contribution in [0.2, 0.25) is 0 Å². The van der Waals surface area contributed by atoms with E-state index in [1.165, 1.54) is 0 Å². The first-order chi connectivity index (χ1) is 17.5. The van der Waals surface area contributed by atoms with Gasteiger partial charge in [0.2, 0.25) is 113 Å². The molecule has 0 N–H and O–H groups in total. The van der Waals surface area contributed by atoms with Gasteiger partial charge in [-0.1, -0.05) is 0 Å². The number of alkyl halides is 20. The van der Waals surface area contributed by atoms with Crippen LogP contribution in [0.5, 0.6) is 0 Å². The maximum atomic E-state index is 16.8. The molecular formula is C20F20. The Morgan fingerprint density at radius 1 is 0.100 bits per heavy atom. The Morgan fingerprint density at radius 3 is 0.150 bits per heavy atom. The highest BCUT2D eigenvalue weighted by Gasteiger charge is 3.53. The Hall–Kier alpha value is -1.40. The van der Waals surface area contributed by atoms with Crippen molar-refractivity contribution in [2.45, 2.75) is 113 Å². The number of hydrogen-bond donors (Lipinski definition) is 0.